The van der Waals surface area contributed by atoms with Gasteiger partial charge in [0.05, 0.1) is 12.0 Å². The van der Waals surface area contributed by atoms with Crippen LogP contribution in [0.3, 0.4) is 0 Å². The summed E-state index contributed by atoms with van der Waals surface area (Å²) in [5.74, 6) is -0.733. The maximum absolute atomic E-state index is 11.4. The van der Waals surface area contributed by atoms with Gasteiger partial charge in [0, 0.05) is 13.3 Å². The molecule has 0 atom stereocenters. The number of hydrazine groups is 1. The highest BCUT2D eigenvalue weighted by molar-refractivity contribution is 6.01. The van der Waals surface area contributed by atoms with Crippen molar-refractivity contribution in [1.29, 1.82) is 0 Å². The monoisotopic (exact) mass is 198 g/mol. The molecule has 1 aliphatic heterocycles. The average Bonchev–Trinajstić information content (AvgIpc) is 1.95. The summed E-state index contributed by atoms with van der Waals surface area (Å²) in [5.41, 5.74) is 1.81. The van der Waals surface area contributed by atoms with Crippen LogP contribution in [0.1, 0.15) is 33.6 Å². The highest BCUT2D eigenvalue weighted by Crippen LogP contribution is 2.23. The second-order valence-corrected chi connectivity index (χ2v) is 4.10. The van der Waals surface area contributed by atoms with Crippen LogP contribution in [0.15, 0.2) is 0 Å². The Morgan fingerprint density at radius 1 is 1.43 bits per heavy atom. The molecule has 1 rings (SSSR count). The predicted molar refractivity (Wildman–Crippen MR) is 49.0 cm³/mol. The number of amides is 2. The topological polar surface area (TPSA) is 66.5 Å². The molecule has 5 heteroatoms. The van der Waals surface area contributed by atoms with E-state index in [1.165, 1.54) is 11.9 Å². The van der Waals surface area contributed by atoms with E-state index in [0.29, 0.717) is 0 Å². The average molecular weight is 198 g/mol. The molecule has 0 saturated carbocycles. The van der Waals surface area contributed by atoms with E-state index in [2.05, 4.69) is 5.43 Å². The van der Waals surface area contributed by atoms with Crippen LogP contribution in [0.2, 0.25) is 0 Å². The number of ketones is 1. The first-order chi connectivity index (χ1) is 6.33. The zero-order valence-electron chi connectivity index (χ0n) is 8.59. The van der Waals surface area contributed by atoms with Gasteiger partial charge in [0.25, 0.3) is 0 Å². The van der Waals surface area contributed by atoms with Crippen LogP contribution in [0, 0.1) is 0 Å². The van der Waals surface area contributed by atoms with Gasteiger partial charge in [0.2, 0.25) is 11.8 Å². The highest BCUT2D eigenvalue weighted by Gasteiger charge is 2.39. The third kappa shape index (κ3) is 2.10. The van der Waals surface area contributed by atoms with E-state index in [9.17, 15) is 14.4 Å². The lowest BCUT2D eigenvalue weighted by atomic mass is 9.91. The van der Waals surface area contributed by atoms with Gasteiger partial charge in [-0.3, -0.25) is 19.8 Å². The fraction of sp³-hybridized carbons (Fsp3) is 0.667. The predicted octanol–water partition coefficient (Wildman–Crippen LogP) is 0.00760. The van der Waals surface area contributed by atoms with Crippen molar-refractivity contribution in [2.75, 3.05) is 0 Å². The molecule has 1 N–H and O–H groups in total. The van der Waals surface area contributed by atoms with Gasteiger partial charge in [-0.15, -0.1) is 0 Å². The van der Waals surface area contributed by atoms with Crippen LogP contribution >= 0.6 is 0 Å². The summed E-state index contributed by atoms with van der Waals surface area (Å²) in [6, 6.07) is 0. The largest absolute Gasteiger partial charge is 0.299 e. The van der Waals surface area contributed by atoms with E-state index in [1.54, 1.807) is 13.8 Å². The van der Waals surface area contributed by atoms with Crippen molar-refractivity contribution in [2.24, 2.45) is 0 Å². The number of rotatable bonds is 1. The smallest absolute Gasteiger partial charge is 0.248 e. The third-order valence-electron chi connectivity index (χ3n) is 2.10. The molecule has 0 unspecified atom stereocenters. The van der Waals surface area contributed by atoms with Crippen molar-refractivity contribution in [2.45, 2.75) is 39.2 Å². The number of carbonyl (C=O) groups excluding carboxylic acids is 3. The maximum Gasteiger partial charge on any atom is 0.248 e. The van der Waals surface area contributed by atoms with Crippen molar-refractivity contribution < 1.29 is 14.4 Å². The van der Waals surface area contributed by atoms with Crippen molar-refractivity contribution in [1.82, 2.24) is 10.4 Å². The molecule has 1 fully saturated rings. The van der Waals surface area contributed by atoms with Crippen molar-refractivity contribution in [3.8, 4) is 0 Å². The van der Waals surface area contributed by atoms with Crippen molar-refractivity contribution in [3.63, 3.8) is 0 Å². The fourth-order valence-corrected chi connectivity index (χ4v) is 1.58. The van der Waals surface area contributed by atoms with Gasteiger partial charge in [-0.25, -0.2) is 5.01 Å². The van der Waals surface area contributed by atoms with Crippen molar-refractivity contribution >= 4 is 17.6 Å². The van der Waals surface area contributed by atoms with Gasteiger partial charge in [-0.05, 0) is 13.8 Å². The van der Waals surface area contributed by atoms with Crippen LogP contribution in [-0.4, -0.2) is 28.1 Å². The maximum atomic E-state index is 11.4. The first kappa shape index (κ1) is 10.7. The van der Waals surface area contributed by atoms with Crippen LogP contribution in [0.5, 0.6) is 0 Å². The lowest BCUT2D eigenvalue weighted by Crippen LogP contribution is -2.60. The Kier molecular flexibility index (Phi) is 2.59. The Morgan fingerprint density at radius 2 is 2.00 bits per heavy atom. The summed E-state index contributed by atoms with van der Waals surface area (Å²) in [5, 5.41) is 1.25. The lowest BCUT2D eigenvalue weighted by Gasteiger charge is -2.40. The molecule has 0 radical (unpaired) electrons. The van der Waals surface area contributed by atoms with E-state index in [1.807, 2.05) is 0 Å². The second kappa shape index (κ2) is 3.40. The lowest BCUT2D eigenvalue weighted by molar-refractivity contribution is -0.155. The van der Waals surface area contributed by atoms with E-state index < -0.39 is 5.54 Å². The summed E-state index contributed by atoms with van der Waals surface area (Å²) >= 11 is 0. The van der Waals surface area contributed by atoms with Crippen LogP contribution in [-0.2, 0) is 14.4 Å². The minimum Gasteiger partial charge on any atom is -0.299 e. The van der Waals surface area contributed by atoms with Gasteiger partial charge in [0.1, 0.15) is 5.78 Å². The number of piperidine rings is 1. The van der Waals surface area contributed by atoms with Gasteiger partial charge in [-0.2, -0.15) is 0 Å². The Labute approximate surface area is 82.4 Å². The molecule has 1 aliphatic rings. The minimum atomic E-state index is -0.627. The van der Waals surface area contributed by atoms with E-state index in [0.717, 1.165) is 0 Å². The quantitative estimate of drug-likeness (QED) is 0.603. The molecule has 0 bridgehead atoms. The summed E-state index contributed by atoms with van der Waals surface area (Å²) in [6.07, 6.45) is 0.155. The Bertz CT molecular complexity index is 296. The molecule has 1 heterocycles. The molecule has 2 amide bonds. The SMILES string of the molecule is CC(=O)NN1C(=O)CC(=O)CC1(C)C. The summed E-state index contributed by atoms with van der Waals surface area (Å²) in [4.78, 5) is 33.4. The normalized spacial score (nSPS) is 20.9. The van der Waals surface area contributed by atoms with E-state index in [4.69, 9.17) is 0 Å². The number of hydrogen-bond donors (Lipinski definition) is 1. The Hall–Kier alpha value is -1.39. The molecule has 0 aromatic rings. The van der Waals surface area contributed by atoms with Gasteiger partial charge in [0.15, 0.2) is 0 Å². The van der Waals surface area contributed by atoms with Crippen LogP contribution in [0.4, 0.5) is 0 Å². The molecule has 0 spiro atoms. The molecule has 0 aromatic heterocycles. The number of nitrogens with one attached hydrogen (secondary N) is 1. The standard InChI is InChI=1S/C9H14N2O3/c1-6(12)10-11-8(14)4-7(13)5-9(11,2)3/h4-5H2,1-3H3,(H,10,12). The Balaban J connectivity index is 2.85. The molecule has 0 aliphatic carbocycles. The number of nitrogens with zero attached hydrogens (tertiary/aromatic N) is 1. The number of hydrogen-bond acceptors (Lipinski definition) is 3. The second-order valence-electron chi connectivity index (χ2n) is 4.10. The molecule has 14 heavy (non-hydrogen) atoms. The number of carbonyl (C=O) groups is 3. The first-order valence-corrected chi connectivity index (χ1v) is 4.45. The van der Waals surface area contributed by atoms with E-state index in [-0.39, 0.29) is 30.4 Å². The molecular weight excluding hydrogens is 184 g/mol. The molecule has 78 valence electrons. The zero-order chi connectivity index (χ0) is 10.9. The molecule has 0 aromatic carbocycles. The summed E-state index contributed by atoms with van der Waals surface area (Å²) in [7, 11) is 0. The minimum absolute atomic E-state index is 0.0818. The first-order valence-electron chi connectivity index (χ1n) is 4.45. The van der Waals surface area contributed by atoms with Crippen molar-refractivity contribution in [3.05, 3.63) is 0 Å². The molecular formula is C9H14N2O3. The Morgan fingerprint density at radius 3 is 2.43 bits per heavy atom. The number of Topliss-reactive ketones (excluding diaryl/α,β-unsaturated/α-hetero) is 1. The third-order valence-corrected chi connectivity index (χ3v) is 2.10. The van der Waals surface area contributed by atoms with E-state index >= 15 is 0 Å². The highest BCUT2D eigenvalue weighted by atomic mass is 16.2. The van der Waals surface area contributed by atoms with Crippen LogP contribution in [0.25, 0.3) is 0 Å². The zero-order valence-corrected chi connectivity index (χ0v) is 8.59. The summed E-state index contributed by atoms with van der Waals surface area (Å²) in [6.45, 7) is 4.83. The molecule has 5 nitrogen and oxygen atoms in total. The van der Waals surface area contributed by atoms with Crippen LogP contribution < -0.4 is 5.43 Å². The summed E-state index contributed by atoms with van der Waals surface area (Å²) < 4.78 is 0. The van der Waals surface area contributed by atoms with Gasteiger partial charge in [-0.1, -0.05) is 0 Å². The van der Waals surface area contributed by atoms with Gasteiger partial charge < -0.3 is 0 Å². The fourth-order valence-electron chi connectivity index (χ4n) is 1.58. The molecule has 1 saturated heterocycles. The van der Waals surface area contributed by atoms with Gasteiger partial charge >= 0.3 is 0 Å².